The van der Waals surface area contributed by atoms with Crippen molar-refractivity contribution in [3.05, 3.63) is 32.7 Å². The van der Waals surface area contributed by atoms with Crippen molar-refractivity contribution in [2.75, 3.05) is 13.1 Å². The summed E-state index contributed by atoms with van der Waals surface area (Å²) >= 11 is 6.77. The summed E-state index contributed by atoms with van der Waals surface area (Å²) in [5, 5.41) is 2.00. The Bertz CT molecular complexity index is 397. The van der Waals surface area contributed by atoms with Gasteiger partial charge in [-0.25, -0.2) is 5.01 Å². The second kappa shape index (κ2) is 5.98. The molecule has 1 saturated heterocycles. The molecule has 1 aliphatic rings. The van der Waals surface area contributed by atoms with Crippen molar-refractivity contribution in [3.63, 3.8) is 0 Å². The van der Waals surface area contributed by atoms with Crippen molar-refractivity contribution in [1.29, 1.82) is 0 Å². The number of amides is 1. The highest BCUT2D eigenvalue weighted by atomic mass is 79.9. The van der Waals surface area contributed by atoms with Crippen LogP contribution in [0, 0.1) is 0 Å². The molecule has 1 amide bonds. The van der Waals surface area contributed by atoms with Crippen LogP contribution in [0.5, 0.6) is 0 Å². The topological polar surface area (TPSA) is 32.3 Å². The van der Waals surface area contributed by atoms with E-state index in [0.29, 0.717) is 5.56 Å². The molecule has 1 fully saturated rings. The minimum absolute atomic E-state index is 0.0473. The Kier molecular flexibility index (Phi) is 4.59. The van der Waals surface area contributed by atoms with Crippen LogP contribution in [-0.2, 0) is 0 Å². The van der Waals surface area contributed by atoms with Gasteiger partial charge in [-0.2, -0.15) is 0 Å². The van der Waals surface area contributed by atoms with Gasteiger partial charge in [0.25, 0.3) is 5.91 Å². The molecule has 3 nitrogen and oxygen atoms in total. The molecule has 0 aromatic heterocycles. The lowest BCUT2D eigenvalue weighted by Crippen LogP contribution is -2.45. The van der Waals surface area contributed by atoms with Gasteiger partial charge in [0, 0.05) is 27.6 Å². The molecule has 1 aliphatic heterocycles. The molecule has 1 N–H and O–H groups in total. The zero-order chi connectivity index (χ0) is 12.3. The van der Waals surface area contributed by atoms with E-state index in [-0.39, 0.29) is 5.91 Å². The zero-order valence-electron chi connectivity index (χ0n) is 9.38. The largest absolute Gasteiger partial charge is 0.285 e. The highest BCUT2D eigenvalue weighted by Crippen LogP contribution is 2.20. The smallest absolute Gasteiger partial charge is 0.265 e. The Morgan fingerprint density at radius 1 is 1.06 bits per heavy atom. The first-order valence-electron chi connectivity index (χ1n) is 5.67. The number of hydrogen-bond donors (Lipinski definition) is 1. The third kappa shape index (κ3) is 3.79. The molecule has 1 aromatic rings. The lowest BCUT2D eigenvalue weighted by Gasteiger charge is -2.26. The number of halogens is 2. The maximum Gasteiger partial charge on any atom is 0.265 e. The number of hydrogen-bond acceptors (Lipinski definition) is 2. The fourth-order valence-corrected chi connectivity index (χ4v) is 3.19. The summed E-state index contributed by atoms with van der Waals surface area (Å²) in [6.45, 7) is 1.89. The lowest BCUT2D eigenvalue weighted by molar-refractivity contribution is 0.0750. The van der Waals surface area contributed by atoms with Crippen LogP contribution in [0.2, 0.25) is 0 Å². The van der Waals surface area contributed by atoms with Gasteiger partial charge in [-0.3, -0.25) is 10.2 Å². The van der Waals surface area contributed by atoms with Crippen molar-refractivity contribution >= 4 is 37.8 Å². The number of benzene rings is 1. The molecule has 0 bridgehead atoms. The molecule has 0 aliphatic carbocycles. The fraction of sp³-hybridized carbons (Fsp3) is 0.417. The molecule has 1 heterocycles. The van der Waals surface area contributed by atoms with Crippen LogP contribution in [-0.4, -0.2) is 24.0 Å². The van der Waals surface area contributed by atoms with E-state index in [4.69, 9.17) is 0 Å². The Labute approximate surface area is 118 Å². The highest BCUT2D eigenvalue weighted by Gasteiger charge is 2.14. The summed E-state index contributed by atoms with van der Waals surface area (Å²) in [5.41, 5.74) is 3.61. The minimum Gasteiger partial charge on any atom is -0.285 e. The van der Waals surface area contributed by atoms with Gasteiger partial charge < -0.3 is 0 Å². The monoisotopic (exact) mass is 360 g/mol. The molecule has 5 heteroatoms. The predicted octanol–water partition coefficient (Wildman–Crippen LogP) is 3.34. The van der Waals surface area contributed by atoms with Crippen molar-refractivity contribution in [2.45, 2.75) is 19.3 Å². The van der Waals surface area contributed by atoms with E-state index in [1.165, 1.54) is 6.42 Å². The van der Waals surface area contributed by atoms with E-state index in [9.17, 15) is 4.79 Å². The van der Waals surface area contributed by atoms with Crippen molar-refractivity contribution in [2.24, 2.45) is 0 Å². The lowest BCUT2D eigenvalue weighted by atomic mass is 10.1. The molecule has 0 radical (unpaired) electrons. The zero-order valence-corrected chi connectivity index (χ0v) is 12.6. The van der Waals surface area contributed by atoms with Gasteiger partial charge in [-0.15, -0.1) is 0 Å². The van der Waals surface area contributed by atoms with Gasteiger partial charge in [0.15, 0.2) is 0 Å². The van der Waals surface area contributed by atoms with Gasteiger partial charge in [0.2, 0.25) is 0 Å². The quantitative estimate of drug-likeness (QED) is 0.876. The number of rotatable bonds is 2. The van der Waals surface area contributed by atoms with Crippen molar-refractivity contribution < 1.29 is 4.79 Å². The highest BCUT2D eigenvalue weighted by molar-refractivity contribution is 9.11. The van der Waals surface area contributed by atoms with Gasteiger partial charge in [0.05, 0.1) is 0 Å². The maximum atomic E-state index is 12.0. The minimum atomic E-state index is -0.0473. The predicted molar refractivity (Wildman–Crippen MR) is 74.7 cm³/mol. The van der Waals surface area contributed by atoms with E-state index in [1.807, 2.05) is 23.2 Å². The van der Waals surface area contributed by atoms with E-state index >= 15 is 0 Å². The molecular formula is C12H14Br2N2O. The van der Waals surface area contributed by atoms with E-state index in [0.717, 1.165) is 34.9 Å². The van der Waals surface area contributed by atoms with Crippen LogP contribution in [0.25, 0.3) is 0 Å². The van der Waals surface area contributed by atoms with Gasteiger partial charge in [-0.05, 0) is 31.0 Å². The van der Waals surface area contributed by atoms with Crippen LogP contribution in [0.1, 0.15) is 29.6 Å². The van der Waals surface area contributed by atoms with Crippen LogP contribution < -0.4 is 5.43 Å². The Balaban J connectivity index is 2.03. The van der Waals surface area contributed by atoms with Gasteiger partial charge in [-0.1, -0.05) is 38.3 Å². The van der Waals surface area contributed by atoms with Crippen LogP contribution >= 0.6 is 31.9 Å². The molecule has 0 spiro atoms. The Morgan fingerprint density at radius 3 is 2.24 bits per heavy atom. The van der Waals surface area contributed by atoms with Crippen LogP contribution in [0.4, 0.5) is 0 Å². The Morgan fingerprint density at radius 2 is 1.65 bits per heavy atom. The molecule has 0 atom stereocenters. The van der Waals surface area contributed by atoms with Crippen LogP contribution in [0.15, 0.2) is 27.1 Å². The summed E-state index contributed by atoms with van der Waals surface area (Å²) in [4.78, 5) is 12.0. The molecule has 2 rings (SSSR count). The van der Waals surface area contributed by atoms with E-state index in [1.54, 1.807) is 0 Å². The summed E-state index contributed by atoms with van der Waals surface area (Å²) in [5.74, 6) is -0.0473. The third-order valence-electron chi connectivity index (χ3n) is 2.74. The van der Waals surface area contributed by atoms with Gasteiger partial charge >= 0.3 is 0 Å². The molecule has 92 valence electrons. The first kappa shape index (κ1) is 13.1. The normalized spacial score (nSPS) is 16.8. The number of carbonyl (C=O) groups is 1. The number of piperidine rings is 1. The van der Waals surface area contributed by atoms with E-state index < -0.39 is 0 Å². The SMILES string of the molecule is O=C(NN1CCCCC1)c1cc(Br)cc(Br)c1. The van der Waals surface area contributed by atoms with Crippen molar-refractivity contribution in [1.82, 2.24) is 10.4 Å². The number of carbonyl (C=O) groups excluding carboxylic acids is 1. The maximum absolute atomic E-state index is 12.0. The summed E-state index contributed by atoms with van der Waals surface area (Å²) in [7, 11) is 0. The number of hydrazine groups is 1. The molecular weight excluding hydrogens is 348 g/mol. The first-order valence-corrected chi connectivity index (χ1v) is 7.26. The van der Waals surface area contributed by atoms with E-state index in [2.05, 4.69) is 37.3 Å². The Hall–Kier alpha value is -0.390. The molecule has 1 aromatic carbocycles. The second-order valence-corrected chi connectivity index (χ2v) is 5.98. The average molecular weight is 362 g/mol. The summed E-state index contributed by atoms with van der Waals surface area (Å²) < 4.78 is 1.80. The summed E-state index contributed by atoms with van der Waals surface area (Å²) in [6.07, 6.45) is 3.57. The summed E-state index contributed by atoms with van der Waals surface area (Å²) in [6, 6.07) is 5.56. The average Bonchev–Trinajstić information content (AvgIpc) is 2.29. The van der Waals surface area contributed by atoms with Crippen LogP contribution in [0.3, 0.4) is 0 Å². The second-order valence-electron chi connectivity index (χ2n) is 4.15. The standard InChI is InChI=1S/C12H14Br2N2O/c13-10-6-9(7-11(14)8-10)12(17)15-16-4-2-1-3-5-16/h6-8H,1-5H2,(H,15,17). The van der Waals surface area contributed by atoms with Gasteiger partial charge in [0.1, 0.15) is 0 Å². The van der Waals surface area contributed by atoms with Crippen molar-refractivity contribution in [3.8, 4) is 0 Å². The molecule has 0 saturated carbocycles. The molecule has 17 heavy (non-hydrogen) atoms. The fourth-order valence-electron chi connectivity index (χ4n) is 1.90. The molecule has 0 unspecified atom stereocenters. The number of nitrogens with zero attached hydrogens (tertiary/aromatic N) is 1. The third-order valence-corrected chi connectivity index (χ3v) is 3.66. The first-order chi connectivity index (χ1) is 8.15. The number of nitrogens with one attached hydrogen (secondary N) is 1.